The van der Waals surface area contributed by atoms with Crippen molar-refractivity contribution in [1.29, 1.82) is 0 Å². The molecule has 1 amide bonds. The number of benzene rings is 2. The molecule has 7 nitrogen and oxygen atoms in total. The molecule has 0 N–H and O–H groups in total. The predicted octanol–water partition coefficient (Wildman–Crippen LogP) is 3.35. The number of aromatic nitrogens is 2. The van der Waals surface area contributed by atoms with Gasteiger partial charge in [-0.2, -0.15) is 4.98 Å². The molecule has 182 valence electrons. The summed E-state index contributed by atoms with van der Waals surface area (Å²) in [7, 11) is 3.87. The number of nitrogens with zero attached hydrogens (tertiary/aromatic N) is 6. The van der Waals surface area contributed by atoms with Crippen molar-refractivity contribution in [2.45, 2.75) is 13.0 Å². The summed E-state index contributed by atoms with van der Waals surface area (Å²) in [5.74, 6) is 0.752. The second-order valence-electron chi connectivity index (χ2n) is 9.08. The molecule has 0 saturated carbocycles. The first-order valence-corrected chi connectivity index (χ1v) is 11.8. The zero-order chi connectivity index (χ0) is 24.5. The number of fused-ring (bicyclic) bond motifs is 1. The molecule has 1 aromatic heterocycles. The van der Waals surface area contributed by atoms with E-state index in [1.165, 1.54) is 30.3 Å². The molecule has 2 aromatic carbocycles. The van der Waals surface area contributed by atoms with Gasteiger partial charge in [0, 0.05) is 64.4 Å². The zero-order valence-electron chi connectivity index (χ0n) is 19.9. The first kappa shape index (κ1) is 23.0. The van der Waals surface area contributed by atoms with E-state index in [0.717, 1.165) is 17.1 Å². The molecule has 3 aromatic rings. The predicted molar refractivity (Wildman–Crippen MR) is 132 cm³/mol. The lowest BCUT2D eigenvalue weighted by atomic mass is 10.0. The second-order valence-corrected chi connectivity index (χ2v) is 9.08. The number of para-hydroxylation sites is 1. The molecule has 2 aliphatic heterocycles. The van der Waals surface area contributed by atoms with Crippen LogP contribution in [-0.2, 0) is 13.0 Å². The van der Waals surface area contributed by atoms with Crippen LogP contribution in [0.2, 0.25) is 0 Å². The number of rotatable bonds is 4. The van der Waals surface area contributed by atoms with Crippen LogP contribution in [0.5, 0.6) is 0 Å². The maximum atomic E-state index is 14.2. The highest BCUT2D eigenvalue weighted by Crippen LogP contribution is 2.30. The van der Waals surface area contributed by atoms with Crippen molar-refractivity contribution in [1.82, 2.24) is 14.9 Å². The molecule has 3 heterocycles. The number of piperazine rings is 1. The van der Waals surface area contributed by atoms with Gasteiger partial charge in [0.2, 0.25) is 5.95 Å². The van der Waals surface area contributed by atoms with Crippen molar-refractivity contribution in [3.8, 4) is 0 Å². The number of anilines is 3. The maximum absolute atomic E-state index is 14.2. The molecule has 0 atom stereocenters. The third kappa shape index (κ3) is 4.62. The Morgan fingerprint density at radius 1 is 0.886 bits per heavy atom. The van der Waals surface area contributed by atoms with E-state index >= 15 is 0 Å². The molecule has 0 bridgehead atoms. The van der Waals surface area contributed by atoms with Crippen LogP contribution in [0.4, 0.5) is 26.2 Å². The molecule has 35 heavy (non-hydrogen) atoms. The minimum atomic E-state index is -0.365. The Morgan fingerprint density at radius 2 is 1.57 bits per heavy atom. The quantitative estimate of drug-likeness (QED) is 0.574. The van der Waals surface area contributed by atoms with Crippen LogP contribution in [0.3, 0.4) is 0 Å². The topological polar surface area (TPSA) is 55.8 Å². The van der Waals surface area contributed by atoms with E-state index in [4.69, 9.17) is 9.97 Å². The summed E-state index contributed by atoms with van der Waals surface area (Å²) in [6.45, 7) is 3.68. The van der Waals surface area contributed by atoms with Gasteiger partial charge in [-0.3, -0.25) is 4.79 Å². The van der Waals surface area contributed by atoms with Gasteiger partial charge in [-0.05, 0) is 36.4 Å². The van der Waals surface area contributed by atoms with E-state index in [0.29, 0.717) is 62.9 Å². The standard InChI is InChI=1S/C26H28F2N6O/c1-31(2)24-20-17-34(25(35)18-7-9-19(27)10-8-18)12-11-22(20)29-26(30-24)33-15-13-32(14-16-33)23-6-4-3-5-21(23)28/h3-10H,11-17H2,1-2H3. The highest BCUT2D eigenvalue weighted by molar-refractivity contribution is 5.94. The molecule has 1 fully saturated rings. The van der Waals surface area contributed by atoms with Crippen molar-refractivity contribution in [2.75, 3.05) is 61.5 Å². The largest absolute Gasteiger partial charge is 0.366 e. The number of carbonyl (C=O) groups excluding carboxylic acids is 1. The van der Waals surface area contributed by atoms with Gasteiger partial charge in [0.15, 0.2) is 0 Å². The van der Waals surface area contributed by atoms with Crippen molar-refractivity contribution in [2.24, 2.45) is 0 Å². The number of amides is 1. The Balaban J connectivity index is 1.34. The first-order valence-electron chi connectivity index (χ1n) is 11.8. The first-order chi connectivity index (χ1) is 16.9. The van der Waals surface area contributed by atoms with Crippen molar-refractivity contribution in [3.63, 3.8) is 0 Å². The summed E-state index contributed by atoms with van der Waals surface area (Å²) in [4.78, 5) is 30.6. The zero-order valence-corrected chi connectivity index (χ0v) is 19.9. The molecular weight excluding hydrogens is 450 g/mol. The molecular formula is C26H28F2N6O. The average Bonchev–Trinajstić information content (AvgIpc) is 2.88. The Bertz CT molecular complexity index is 1230. The van der Waals surface area contributed by atoms with Gasteiger partial charge in [-0.1, -0.05) is 12.1 Å². The molecule has 0 spiro atoms. The van der Waals surface area contributed by atoms with E-state index in [1.54, 1.807) is 11.0 Å². The fourth-order valence-electron chi connectivity index (χ4n) is 4.70. The van der Waals surface area contributed by atoms with Gasteiger partial charge in [-0.25, -0.2) is 13.8 Å². The Labute approximate surface area is 203 Å². The van der Waals surface area contributed by atoms with Crippen molar-refractivity contribution >= 4 is 23.4 Å². The van der Waals surface area contributed by atoms with Crippen LogP contribution in [0.1, 0.15) is 21.6 Å². The summed E-state index contributed by atoms with van der Waals surface area (Å²) < 4.78 is 27.5. The summed E-state index contributed by atoms with van der Waals surface area (Å²) >= 11 is 0. The lowest BCUT2D eigenvalue weighted by Gasteiger charge is -2.37. The molecule has 5 rings (SSSR count). The van der Waals surface area contributed by atoms with E-state index < -0.39 is 0 Å². The summed E-state index contributed by atoms with van der Waals surface area (Å²) in [5.41, 5.74) is 2.97. The normalized spacial score (nSPS) is 15.7. The van der Waals surface area contributed by atoms with Gasteiger partial charge in [0.05, 0.1) is 17.9 Å². The molecule has 1 saturated heterocycles. The van der Waals surface area contributed by atoms with Crippen LogP contribution in [0.25, 0.3) is 0 Å². The average molecular weight is 479 g/mol. The highest BCUT2D eigenvalue weighted by atomic mass is 19.1. The number of hydrogen-bond donors (Lipinski definition) is 0. The number of carbonyl (C=O) groups is 1. The van der Waals surface area contributed by atoms with E-state index in [-0.39, 0.29) is 17.5 Å². The van der Waals surface area contributed by atoms with E-state index in [2.05, 4.69) is 9.80 Å². The Morgan fingerprint density at radius 3 is 2.26 bits per heavy atom. The minimum Gasteiger partial charge on any atom is -0.366 e. The van der Waals surface area contributed by atoms with Crippen LogP contribution in [0.15, 0.2) is 48.5 Å². The van der Waals surface area contributed by atoms with E-state index in [9.17, 15) is 13.6 Å². The van der Waals surface area contributed by atoms with Gasteiger partial charge in [0.1, 0.15) is 17.5 Å². The Hall–Kier alpha value is -3.75. The van der Waals surface area contributed by atoms with E-state index in [1.807, 2.05) is 31.1 Å². The fourth-order valence-corrected chi connectivity index (χ4v) is 4.70. The Kier molecular flexibility index (Phi) is 6.23. The molecule has 9 heteroatoms. The van der Waals surface area contributed by atoms with Crippen LogP contribution in [0, 0.1) is 11.6 Å². The SMILES string of the molecule is CN(C)c1nc(N2CCN(c3ccccc3F)CC2)nc2c1CN(C(=O)c1ccc(F)cc1)CC2. The molecule has 0 radical (unpaired) electrons. The summed E-state index contributed by atoms with van der Waals surface area (Å²) in [6, 6.07) is 12.5. The minimum absolute atomic E-state index is 0.131. The lowest BCUT2D eigenvalue weighted by molar-refractivity contribution is 0.0733. The van der Waals surface area contributed by atoms with Crippen LogP contribution >= 0.6 is 0 Å². The molecule has 0 aliphatic carbocycles. The third-order valence-corrected chi connectivity index (χ3v) is 6.58. The third-order valence-electron chi connectivity index (χ3n) is 6.58. The maximum Gasteiger partial charge on any atom is 0.254 e. The molecule has 2 aliphatic rings. The van der Waals surface area contributed by atoms with Gasteiger partial charge in [-0.15, -0.1) is 0 Å². The lowest BCUT2D eigenvalue weighted by Crippen LogP contribution is -2.47. The number of hydrogen-bond acceptors (Lipinski definition) is 6. The van der Waals surface area contributed by atoms with Gasteiger partial charge < -0.3 is 19.6 Å². The smallest absolute Gasteiger partial charge is 0.254 e. The second kappa shape index (κ2) is 9.48. The van der Waals surface area contributed by atoms with Crippen LogP contribution in [-0.4, -0.2) is 67.6 Å². The summed E-state index contributed by atoms with van der Waals surface area (Å²) in [6.07, 6.45) is 0.619. The summed E-state index contributed by atoms with van der Waals surface area (Å²) in [5, 5.41) is 0. The van der Waals surface area contributed by atoms with Crippen molar-refractivity contribution < 1.29 is 13.6 Å². The van der Waals surface area contributed by atoms with Crippen molar-refractivity contribution in [3.05, 3.63) is 77.0 Å². The number of halogens is 2. The van der Waals surface area contributed by atoms with Crippen LogP contribution < -0.4 is 14.7 Å². The monoisotopic (exact) mass is 478 g/mol. The van der Waals surface area contributed by atoms with Gasteiger partial charge >= 0.3 is 0 Å². The fraction of sp³-hybridized carbons (Fsp3) is 0.346. The molecule has 0 unspecified atom stereocenters. The van der Waals surface area contributed by atoms with Gasteiger partial charge in [0.25, 0.3) is 5.91 Å². The highest BCUT2D eigenvalue weighted by Gasteiger charge is 2.29.